The predicted octanol–water partition coefficient (Wildman–Crippen LogP) is 5.80. The number of hydrogen-bond donors (Lipinski definition) is 0. The quantitative estimate of drug-likeness (QED) is 0.581. The maximum Gasteiger partial charge on any atom is 0.260 e. The van der Waals surface area contributed by atoms with Crippen LogP contribution >= 0.6 is 23.8 Å². The Kier molecular flexibility index (Phi) is 5.30. The molecule has 2 aliphatic rings. The van der Waals surface area contributed by atoms with Crippen LogP contribution in [-0.4, -0.2) is 27.2 Å². The van der Waals surface area contributed by atoms with Crippen LogP contribution in [0.25, 0.3) is 0 Å². The molecule has 28 heavy (non-hydrogen) atoms. The molecule has 2 aromatic carbocycles. The Hall–Kier alpha value is -2.11. The summed E-state index contributed by atoms with van der Waals surface area (Å²) < 4.78 is 13.4. The third kappa shape index (κ3) is 3.49. The lowest BCUT2D eigenvalue weighted by Crippen LogP contribution is -2.49. The molecule has 6 heteroatoms. The standard InChI is InChI=1S/C22H20ClFN2OS/c23-17-9-5-16(6-10-17)20(27)26-21(28)19(15-7-11-18(24)12-8-15)25-22(26)13-3-1-2-4-14-22/h5-12H,1-4,13-14H2. The van der Waals surface area contributed by atoms with Gasteiger partial charge >= 0.3 is 0 Å². The SMILES string of the molecule is O=C(c1ccc(Cl)cc1)N1C(=S)C(c2ccc(F)cc2)=NC12CCCCCC2. The molecule has 0 radical (unpaired) electrons. The highest BCUT2D eigenvalue weighted by molar-refractivity contribution is 7.82. The topological polar surface area (TPSA) is 32.7 Å². The molecule has 0 atom stereocenters. The summed E-state index contributed by atoms with van der Waals surface area (Å²) in [6.07, 6.45) is 5.78. The zero-order valence-electron chi connectivity index (χ0n) is 15.3. The summed E-state index contributed by atoms with van der Waals surface area (Å²) in [4.78, 5) is 20.5. The van der Waals surface area contributed by atoms with Gasteiger partial charge in [0.15, 0.2) is 0 Å². The Morgan fingerprint density at radius 2 is 1.61 bits per heavy atom. The Morgan fingerprint density at radius 1 is 1.00 bits per heavy atom. The molecule has 1 aliphatic carbocycles. The van der Waals surface area contributed by atoms with Gasteiger partial charge in [-0.2, -0.15) is 0 Å². The molecule has 1 fully saturated rings. The van der Waals surface area contributed by atoms with E-state index in [0.29, 0.717) is 21.3 Å². The van der Waals surface area contributed by atoms with Crippen LogP contribution in [0.5, 0.6) is 0 Å². The van der Waals surface area contributed by atoms with Gasteiger partial charge in [0.1, 0.15) is 22.2 Å². The van der Waals surface area contributed by atoms with Gasteiger partial charge in [0.2, 0.25) is 0 Å². The maximum atomic E-state index is 13.4. The van der Waals surface area contributed by atoms with Crippen LogP contribution < -0.4 is 0 Å². The second-order valence-electron chi connectivity index (χ2n) is 7.32. The highest BCUT2D eigenvalue weighted by atomic mass is 35.5. The highest BCUT2D eigenvalue weighted by Gasteiger charge is 2.48. The normalized spacial score (nSPS) is 18.9. The number of carbonyl (C=O) groups is 1. The number of aliphatic imine (C=N–C) groups is 1. The minimum absolute atomic E-state index is 0.163. The van der Waals surface area contributed by atoms with Gasteiger partial charge in [-0.15, -0.1) is 0 Å². The highest BCUT2D eigenvalue weighted by Crippen LogP contribution is 2.40. The molecule has 1 aliphatic heterocycles. The lowest BCUT2D eigenvalue weighted by molar-refractivity contribution is 0.0692. The predicted molar refractivity (Wildman–Crippen MR) is 114 cm³/mol. The first-order valence-electron chi connectivity index (χ1n) is 9.50. The molecule has 4 rings (SSSR count). The summed E-state index contributed by atoms with van der Waals surface area (Å²) in [5.74, 6) is -0.476. The Balaban J connectivity index is 1.77. The van der Waals surface area contributed by atoms with Crippen molar-refractivity contribution in [2.45, 2.75) is 44.2 Å². The second kappa shape index (κ2) is 7.72. The van der Waals surface area contributed by atoms with Crippen LogP contribution in [0.1, 0.15) is 54.4 Å². The smallest absolute Gasteiger partial charge is 0.260 e. The van der Waals surface area contributed by atoms with Crippen molar-refractivity contribution in [2.75, 3.05) is 0 Å². The van der Waals surface area contributed by atoms with E-state index in [4.69, 9.17) is 28.8 Å². The number of thiocarbonyl (C=S) groups is 1. The van der Waals surface area contributed by atoms with E-state index in [0.717, 1.165) is 44.1 Å². The molecule has 0 N–H and O–H groups in total. The van der Waals surface area contributed by atoms with Crippen LogP contribution in [0.3, 0.4) is 0 Å². The lowest BCUT2D eigenvalue weighted by atomic mass is 9.99. The Bertz CT molecular complexity index is 932. The van der Waals surface area contributed by atoms with Crippen LogP contribution in [-0.2, 0) is 0 Å². The molecule has 0 saturated heterocycles. The average molecular weight is 415 g/mol. The van der Waals surface area contributed by atoms with Crippen molar-refractivity contribution in [2.24, 2.45) is 4.99 Å². The molecular weight excluding hydrogens is 395 g/mol. The number of rotatable bonds is 2. The van der Waals surface area contributed by atoms with Gasteiger partial charge in [-0.3, -0.25) is 14.7 Å². The van der Waals surface area contributed by atoms with Crippen molar-refractivity contribution >= 4 is 40.4 Å². The van der Waals surface area contributed by atoms with Gasteiger partial charge in [-0.1, -0.05) is 36.7 Å². The molecular formula is C22H20ClFN2OS. The van der Waals surface area contributed by atoms with E-state index in [1.165, 1.54) is 12.1 Å². The maximum absolute atomic E-state index is 13.4. The molecule has 1 heterocycles. The zero-order chi connectivity index (χ0) is 19.7. The first kappa shape index (κ1) is 19.2. The van der Waals surface area contributed by atoms with Crippen molar-refractivity contribution in [1.29, 1.82) is 0 Å². The third-order valence-corrected chi connectivity index (χ3v) is 6.09. The lowest BCUT2D eigenvalue weighted by Gasteiger charge is -2.35. The van der Waals surface area contributed by atoms with Gasteiger partial charge in [-0.05, 0) is 74.2 Å². The molecule has 0 bridgehead atoms. The number of nitrogens with zero attached hydrogens (tertiary/aromatic N) is 2. The molecule has 1 spiro atoms. The molecule has 1 saturated carbocycles. The summed E-state index contributed by atoms with van der Waals surface area (Å²) in [7, 11) is 0. The third-order valence-electron chi connectivity index (χ3n) is 5.46. The molecule has 0 aromatic heterocycles. The van der Waals surface area contributed by atoms with Crippen LogP contribution in [0.4, 0.5) is 4.39 Å². The Labute approximate surface area is 174 Å². The summed E-state index contributed by atoms with van der Waals surface area (Å²) in [6.45, 7) is 0. The van der Waals surface area contributed by atoms with E-state index in [2.05, 4.69) is 0 Å². The number of halogens is 2. The van der Waals surface area contributed by atoms with E-state index in [9.17, 15) is 9.18 Å². The van der Waals surface area contributed by atoms with Crippen molar-refractivity contribution in [3.63, 3.8) is 0 Å². The summed E-state index contributed by atoms with van der Waals surface area (Å²) >= 11 is 11.7. The van der Waals surface area contributed by atoms with E-state index < -0.39 is 5.66 Å². The van der Waals surface area contributed by atoms with Crippen LogP contribution in [0, 0.1) is 5.82 Å². The van der Waals surface area contributed by atoms with Gasteiger partial charge in [0, 0.05) is 16.1 Å². The molecule has 0 unspecified atom stereocenters. The number of hydrogen-bond acceptors (Lipinski definition) is 3. The monoisotopic (exact) mass is 414 g/mol. The van der Waals surface area contributed by atoms with Gasteiger partial charge in [-0.25, -0.2) is 4.39 Å². The molecule has 1 amide bonds. The van der Waals surface area contributed by atoms with Gasteiger partial charge in [0.25, 0.3) is 5.91 Å². The van der Waals surface area contributed by atoms with E-state index >= 15 is 0 Å². The average Bonchev–Trinajstić information content (AvgIpc) is 2.83. The van der Waals surface area contributed by atoms with Crippen molar-refractivity contribution < 1.29 is 9.18 Å². The van der Waals surface area contributed by atoms with Crippen molar-refractivity contribution in [3.05, 3.63) is 70.5 Å². The number of benzene rings is 2. The van der Waals surface area contributed by atoms with Gasteiger partial charge < -0.3 is 0 Å². The van der Waals surface area contributed by atoms with Gasteiger partial charge in [0.05, 0.1) is 0 Å². The first-order valence-corrected chi connectivity index (χ1v) is 10.3. The van der Waals surface area contributed by atoms with Crippen molar-refractivity contribution in [1.82, 2.24) is 4.90 Å². The van der Waals surface area contributed by atoms with Crippen molar-refractivity contribution in [3.8, 4) is 0 Å². The van der Waals surface area contributed by atoms with E-state index in [1.807, 2.05) is 0 Å². The molecule has 2 aromatic rings. The molecule has 144 valence electrons. The fourth-order valence-corrected chi connectivity index (χ4v) is 4.57. The van der Waals surface area contributed by atoms with Crippen LogP contribution in [0.2, 0.25) is 5.02 Å². The summed E-state index contributed by atoms with van der Waals surface area (Å²) in [5.41, 5.74) is 1.21. The largest absolute Gasteiger partial charge is 0.271 e. The van der Waals surface area contributed by atoms with Crippen LogP contribution in [0.15, 0.2) is 53.5 Å². The molecule has 3 nitrogen and oxygen atoms in total. The number of carbonyl (C=O) groups excluding carboxylic acids is 1. The zero-order valence-corrected chi connectivity index (χ0v) is 16.9. The first-order chi connectivity index (χ1) is 13.5. The fraction of sp³-hybridized carbons (Fsp3) is 0.318. The Morgan fingerprint density at radius 3 is 2.21 bits per heavy atom. The minimum Gasteiger partial charge on any atom is -0.271 e. The fourth-order valence-electron chi connectivity index (χ4n) is 4.03. The van der Waals surface area contributed by atoms with E-state index in [1.54, 1.807) is 41.3 Å². The summed E-state index contributed by atoms with van der Waals surface area (Å²) in [6, 6.07) is 13.0. The second-order valence-corrected chi connectivity index (χ2v) is 8.14. The minimum atomic E-state index is -0.659. The summed E-state index contributed by atoms with van der Waals surface area (Å²) in [5, 5.41) is 0.577. The van der Waals surface area contributed by atoms with E-state index in [-0.39, 0.29) is 11.7 Å². The number of amides is 1.